The summed E-state index contributed by atoms with van der Waals surface area (Å²) in [7, 11) is -3.95. The number of sulfone groups is 1. The molecule has 0 spiro atoms. The van der Waals surface area contributed by atoms with Crippen molar-refractivity contribution in [1.29, 1.82) is 0 Å². The summed E-state index contributed by atoms with van der Waals surface area (Å²) in [5, 5.41) is 14.1. The molecule has 0 aliphatic rings. The number of carbonyl (C=O) groups excluding carboxylic acids is 1. The van der Waals surface area contributed by atoms with Crippen molar-refractivity contribution in [2.75, 3.05) is 6.54 Å². The van der Waals surface area contributed by atoms with Crippen molar-refractivity contribution < 1.29 is 27.4 Å². The van der Waals surface area contributed by atoms with Crippen LogP contribution in [0.4, 0.5) is 4.39 Å². The number of ether oxygens (including phenoxy) is 1. The lowest BCUT2D eigenvalue weighted by Gasteiger charge is -2.18. The number of hydrogen-bond donors (Lipinski definition) is 2. The summed E-state index contributed by atoms with van der Waals surface area (Å²) in [4.78, 5) is 10.8. The summed E-state index contributed by atoms with van der Waals surface area (Å²) in [5.41, 5.74) is 1.62. The Bertz CT molecular complexity index is 1270. The molecule has 3 aromatic carbocycles. The topological polar surface area (TPSA) is 92.7 Å². The van der Waals surface area contributed by atoms with Crippen LogP contribution in [-0.4, -0.2) is 32.1 Å². The number of nitrogens with one attached hydrogen (secondary N) is 1. The number of benzene rings is 3. The smallest absolute Gasteiger partial charge is 0.308 e. The van der Waals surface area contributed by atoms with Gasteiger partial charge in [0.05, 0.1) is 15.9 Å². The molecule has 0 unspecified atom stereocenters. The molecule has 0 amide bonds. The molecule has 0 radical (unpaired) electrons. The van der Waals surface area contributed by atoms with Crippen molar-refractivity contribution in [3.63, 3.8) is 0 Å². The van der Waals surface area contributed by atoms with Gasteiger partial charge in [0.1, 0.15) is 0 Å². The SMILES string of the molecule is CC(=O)Oc1ccc(S(=O)(=O)c2ccc(C[C@@H](C)NC[C@@H](O)c3cccc(Cl)c3)cc2)cc1F.Cl. The third-order valence-electron chi connectivity index (χ3n) is 5.14. The standard InChI is InChI=1S/C25H25ClFNO5S.ClH/c1-16(28-15-24(30)19-4-3-5-20(26)13-19)12-18-6-8-21(9-7-18)34(31,32)22-10-11-25(23(27)14-22)33-17(2)29;/h3-11,13-14,16,24,28,30H,12,15H2,1-2H3;1H/t16-,24-;/m1./s1. The van der Waals surface area contributed by atoms with Gasteiger partial charge in [-0.2, -0.15) is 0 Å². The third kappa shape index (κ3) is 7.75. The van der Waals surface area contributed by atoms with Crippen LogP contribution in [0.25, 0.3) is 0 Å². The Labute approximate surface area is 215 Å². The van der Waals surface area contributed by atoms with Gasteiger partial charge in [0.25, 0.3) is 0 Å². The molecular formula is C25H26Cl2FNO5S. The zero-order valence-electron chi connectivity index (χ0n) is 19.1. The second-order valence-corrected chi connectivity index (χ2v) is 10.3. The van der Waals surface area contributed by atoms with E-state index in [1.807, 2.05) is 6.92 Å². The van der Waals surface area contributed by atoms with E-state index < -0.39 is 27.7 Å². The number of esters is 1. The first-order chi connectivity index (χ1) is 16.1. The zero-order chi connectivity index (χ0) is 24.9. The fourth-order valence-corrected chi connectivity index (χ4v) is 4.87. The molecule has 2 atom stereocenters. The van der Waals surface area contributed by atoms with E-state index in [-0.39, 0.29) is 34.0 Å². The second kappa shape index (κ2) is 12.5. The van der Waals surface area contributed by atoms with Gasteiger partial charge < -0.3 is 15.2 Å². The first-order valence-corrected chi connectivity index (χ1v) is 12.4. The minimum absolute atomic E-state index is 0. The van der Waals surface area contributed by atoms with E-state index in [2.05, 4.69) is 5.32 Å². The Kier molecular flexibility index (Phi) is 10.2. The number of halogens is 3. The van der Waals surface area contributed by atoms with Gasteiger partial charge >= 0.3 is 5.97 Å². The van der Waals surface area contributed by atoms with Crippen LogP contribution in [0, 0.1) is 5.82 Å². The minimum atomic E-state index is -3.95. The number of carbonyl (C=O) groups is 1. The van der Waals surface area contributed by atoms with E-state index >= 15 is 0 Å². The molecule has 0 aliphatic carbocycles. The normalized spacial score (nSPS) is 12.9. The van der Waals surface area contributed by atoms with E-state index in [9.17, 15) is 22.7 Å². The van der Waals surface area contributed by atoms with Crippen molar-refractivity contribution in [3.05, 3.63) is 88.7 Å². The Balaban J connectivity index is 0.00000432. The summed E-state index contributed by atoms with van der Waals surface area (Å²) in [6.07, 6.45) is -0.102. The van der Waals surface area contributed by atoms with Gasteiger partial charge in [-0.3, -0.25) is 4.79 Å². The van der Waals surface area contributed by atoms with E-state index in [1.165, 1.54) is 18.2 Å². The molecule has 188 valence electrons. The lowest BCUT2D eigenvalue weighted by molar-refractivity contribution is -0.132. The molecule has 10 heteroatoms. The van der Waals surface area contributed by atoms with Crippen LogP contribution < -0.4 is 10.1 Å². The quantitative estimate of drug-likeness (QED) is 0.295. The number of aliphatic hydroxyl groups is 1. The van der Waals surface area contributed by atoms with Gasteiger partial charge in [-0.25, -0.2) is 12.8 Å². The fraction of sp³-hybridized carbons (Fsp3) is 0.240. The predicted octanol–water partition coefficient (Wildman–Crippen LogP) is 4.91. The van der Waals surface area contributed by atoms with Gasteiger partial charge in [0.2, 0.25) is 9.84 Å². The largest absolute Gasteiger partial charge is 0.424 e. The Morgan fingerprint density at radius 1 is 1.09 bits per heavy atom. The van der Waals surface area contributed by atoms with Crippen LogP contribution in [0.2, 0.25) is 5.02 Å². The fourth-order valence-electron chi connectivity index (χ4n) is 3.40. The van der Waals surface area contributed by atoms with Crippen LogP contribution in [0.5, 0.6) is 5.75 Å². The zero-order valence-corrected chi connectivity index (χ0v) is 21.5. The van der Waals surface area contributed by atoms with Crippen LogP contribution in [-0.2, 0) is 21.1 Å². The molecular weight excluding hydrogens is 516 g/mol. The average Bonchev–Trinajstić information content (AvgIpc) is 2.79. The molecule has 0 aliphatic heterocycles. The molecule has 35 heavy (non-hydrogen) atoms. The van der Waals surface area contributed by atoms with Crippen molar-refractivity contribution in [1.82, 2.24) is 5.32 Å². The summed E-state index contributed by atoms with van der Waals surface area (Å²) >= 11 is 5.96. The molecule has 0 aromatic heterocycles. The second-order valence-electron chi connectivity index (χ2n) is 7.92. The Morgan fingerprint density at radius 3 is 2.34 bits per heavy atom. The third-order valence-corrected chi connectivity index (χ3v) is 7.14. The molecule has 2 N–H and O–H groups in total. The van der Waals surface area contributed by atoms with E-state index in [1.54, 1.807) is 36.4 Å². The summed E-state index contributed by atoms with van der Waals surface area (Å²) in [5.74, 6) is -1.97. The van der Waals surface area contributed by atoms with Gasteiger partial charge in [0.15, 0.2) is 11.6 Å². The molecule has 0 heterocycles. The summed E-state index contributed by atoms with van der Waals surface area (Å²) < 4.78 is 44.6. The van der Waals surface area contributed by atoms with Crippen LogP contribution >= 0.6 is 24.0 Å². The highest BCUT2D eigenvalue weighted by molar-refractivity contribution is 7.91. The van der Waals surface area contributed by atoms with Crippen LogP contribution in [0.1, 0.15) is 31.1 Å². The molecule has 3 aromatic rings. The first kappa shape index (κ1) is 28.7. The summed E-state index contributed by atoms with van der Waals surface area (Å²) in [6.45, 7) is 3.43. The van der Waals surface area contributed by atoms with E-state index in [0.29, 0.717) is 18.0 Å². The maximum absolute atomic E-state index is 14.1. The number of hydrogen-bond acceptors (Lipinski definition) is 6. The van der Waals surface area contributed by atoms with Gasteiger partial charge in [-0.15, -0.1) is 12.4 Å². The Morgan fingerprint density at radius 2 is 1.74 bits per heavy atom. The molecule has 0 saturated carbocycles. The van der Waals surface area contributed by atoms with Crippen molar-refractivity contribution in [3.8, 4) is 5.75 Å². The summed E-state index contributed by atoms with van der Waals surface area (Å²) in [6, 6.07) is 16.5. The first-order valence-electron chi connectivity index (χ1n) is 10.5. The number of rotatable bonds is 9. The van der Waals surface area contributed by atoms with Crippen LogP contribution in [0.15, 0.2) is 76.5 Å². The molecule has 0 saturated heterocycles. The average molecular weight is 542 g/mol. The highest BCUT2D eigenvalue weighted by Crippen LogP contribution is 2.26. The predicted molar refractivity (Wildman–Crippen MR) is 134 cm³/mol. The molecule has 6 nitrogen and oxygen atoms in total. The van der Waals surface area contributed by atoms with Crippen molar-refractivity contribution >= 4 is 39.8 Å². The van der Waals surface area contributed by atoms with Gasteiger partial charge in [-0.05, 0) is 66.9 Å². The Hall–Kier alpha value is -2.49. The molecule has 0 fully saturated rings. The van der Waals surface area contributed by atoms with E-state index in [4.69, 9.17) is 16.3 Å². The maximum Gasteiger partial charge on any atom is 0.308 e. The van der Waals surface area contributed by atoms with Crippen LogP contribution in [0.3, 0.4) is 0 Å². The lowest BCUT2D eigenvalue weighted by atomic mass is 10.1. The maximum atomic E-state index is 14.1. The van der Waals surface area contributed by atoms with E-state index in [0.717, 1.165) is 30.2 Å². The minimum Gasteiger partial charge on any atom is -0.424 e. The molecule has 3 rings (SSSR count). The van der Waals surface area contributed by atoms with Crippen molar-refractivity contribution in [2.24, 2.45) is 0 Å². The molecule has 0 bridgehead atoms. The van der Waals surface area contributed by atoms with Gasteiger partial charge in [-0.1, -0.05) is 35.9 Å². The van der Waals surface area contributed by atoms with Crippen molar-refractivity contribution in [2.45, 2.75) is 42.2 Å². The highest BCUT2D eigenvalue weighted by Gasteiger charge is 2.20. The highest BCUT2D eigenvalue weighted by atomic mass is 35.5. The monoisotopic (exact) mass is 541 g/mol. The number of aliphatic hydroxyl groups excluding tert-OH is 1. The lowest BCUT2D eigenvalue weighted by Crippen LogP contribution is -2.32. The van der Waals surface area contributed by atoms with Gasteiger partial charge in [0, 0.05) is 24.5 Å².